The van der Waals surface area contributed by atoms with Gasteiger partial charge in [0.1, 0.15) is 0 Å². The Morgan fingerprint density at radius 1 is 0.933 bits per heavy atom. The van der Waals surface area contributed by atoms with Crippen LogP contribution in [-0.2, 0) is 6.54 Å². The van der Waals surface area contributed by atoms with Crippen molar-refractivity contribution >= 4 is 16.6 Å². The molecular formula is C25H26N2O3. The molecule has 2 aromatic carbocycles. The minimum atomic E-state index is -0.677. The molecule has 1 unspecified atom stereocenters. The maximum atomic E-state index is 13.4. The van der Waals surface area contributed by atoms with Crippen LogP contribution in [0.15, 0.2) is 53.3 Å². The number of fused-ring (bicyclic) bond motifs is 5. The number of piperidine rings is 1. The van der Waals surface area contributed by atoms with Crippen LogP contribution in [0.3, 0.4) is 0 Å². The van der Waals surface area contributed by atoms with E-state index in [9.17, 15) is 14.7 Å². The normalized spacial score (nSPS) is 17.9. The van der Waals surface area contributed by atoms with E-state index < -0.39 is 6.10 Å². The lowest BCUT2D eigenvalue weighted by Gasteiger charge is -2.32. The molecule has 0 radical (unpaired) electrons. The average Bonchev–Trinajstić information content (AvgIpc) is 3.06. The second-order valence-corrected chi connectivity index (χ2v) is 8.70. The molecule has 0 bridgehead atoms. The number of ketones is 1. The Kier molecular flexibility index (Phi) is 4.80. The van der Waals surface area contributed by atoms with Gasteiger partial charge < -0.3 is 14.6 Å². The number of pyridine rings is 1. The minimum Gasteiger partial charge on any atom is -0.390 e. The smallest absolute Gasteiger partial charge is 0.259 e. The number of aromatic nitrogens is 1. The fourth-order valence-electron chi connectivity index (χ4n) is 4.91. The summed E-state index contributed by atoms with van der Waals surface area (Å²) in [5.41, 5.74) is 2.46. The lowest BCUT2D eigenvalue weighted by Crippen LogP contribution is -2.41. The molecule has 1 aliphatic heterocycles. The molecule has 0 amide bonds. The number of aliphatic hydroxyl groups excluding tert-OH is 1. The fourth-order valence-corrected chi connectivity index (χ4v) is 4.91. The van der Waals surface area contributed by atoms with Gasteiger partial charge in [-0.2, -0.15) is 0 Å². The standard InChI is InChI=1S/C25H26N2O3/c1-16-10-12-26(13-11-16)14-17(28)15-27-23-19-7-3-4-8-20(19)24(29)22(23)18-6-2-5-9-21(18)25(27)30/h2-9,16-17,28H,10-15H2,1H3. The van der Waals surface area contributed by atoms with Crippen LogP contribution < -0.4 is 5.56 Å². The summed E-state index contributed by atoms with van der Waals surface area (Å²) in [5, 5.41) is 12.1. The third-order valence-corrected chi connectivity index (χ3v) is 6.57. The number of hydrogen-bond donors (Lipinski definition) is 1. The van der Waals surface area contributed by atoms with Gasteiger partial charge in [0.15, 0.2) is 5.78 Å². The number of hydrogen-bond acceptors (Lipinski definition) is 4. The minimum absolute atomic E-state index is 0.0509. The lowest BCUT2D eigenvalue weighted by molar-refractivity contribution is 0.0798. The van der Waals surface area contributed by atoms with E-state index in [0.29, 0.717) is 34.1 Å². The average molecular weight is 402 g/mol. The van der Waals surface area contributed by atoms with Crippen molar-refractivity contribution < 1.29 is 9.90 Å². The molecule has 2 heterocycles. The van der Waals surface area contributed by atoms with Crippen molar-refractivity contribution in [1.29, 1.82) is 0 Å². The molecule has 1 atom stereocenters. The molecule has 30 heavy (non-hydrogen) atoms. The van der Waals surface area contributed by atoms with E-state index in [-0.39, 0.29) is 17.9 Å². The van der Waals surface area contributed by atoms with Crippen LogP contribution in [0, 0.1) is 5.92 Å². The number of benzene rings is 2. The topological polar surface area (TPSA) is 62.5 Å². The summed E-state index contributed by atoms with van der Waals surface area (Å²) in [7, 11) is 0. The fraction of sp³-hybridized carbons (Fsp3) is 0.360. The summed E-state index contributed by atoms with van der Waals surface area (Å²) in [5.74, 6) is 0.678. The molecule has 1 fully saturated rings. The second kappa shape index (κ2) is 7.49. The Balaban J connectivity index is 1.58. The Morgan fingerprint density at radius 2 is 1.57 bits per heavy atom. The Labute approximate surface area is 175 Å². The zero-order valence-corrected chi connectivity index (χ0v) is 17.2. The van der Waals surface area contributed by atoms with Crippen molar-refractivity contribution in [2.75, 3.05) is 19.6 Å². The van der Waals surface area contributed by atoms with Gasteiger partial charge in [-0.25, -0.2) is 0 Å². The number of carbonyl (C=O) groups excluding carboxylic acids is 1. The van der Waals surface area contributed by atoms with Gasteiger partial charge in [0.2, 0.25) is 0 Å². The summed E-state index contributed by atoms with van der Waals surface area (Å²) in [6.45, 7) is 4.94. The number of rotatable bonds is 4. The van der Waals surface area contributed by atoms with E-state index in [0.717, 1.165) is 37.4 Å². The van der Waals surface area contributed by atoms with Gasteiger partial charge in [-0.1, -0.05) is 49.4 Å². The van der Waals surface area contributed by atoms with E-state index in [1.54, 1.807) is 10.6 Å². The molecule has 0 spiro atoms. The van der Waals surface area contributed by atoms with Crippen LogP contribution in [0.25, 0.3) is 22.0 Å². The SMILES string of the molecule is CC1CCN(CC(O)Cn2c3c(c4ccccc4c2=O)C(=O)c2ccccc2-3)CC1. The molecule has 1 saturated heterocycles. The zero-order valence-electron chi connectivity index (χ0n) is 17.2. The van der Waals surface area contributed by atoms with Crippen molar-refractivity contribution in [2.45, 2.75) is 32.4 Å². The van der Waals surface area contributed by atoms with E-state index >= 15 is 0 Å². The van der Waals surface area contributed by atoms with Gasteiger partial charge in [-0.05, 0) is 37.9 Å². The highest BCUT2D eigenvalue weighted by Gasteiger charge is 2.33. The molecule has 154 valence electrons. The highest BCUT2D eigenvalue weighted by molar-refractivity contribution is 6.26. The van der Waals surface area contributed by atoms with Gasteiger partial charge in [0.05, 0.1) is 23.9 Å². The van der Waals surface area contributed by atoms with E-state index in [1.807, 2.05) is 42.5 Å². The first kappa shape index (κ1) is 19.2. The number of β-amino-alcohol motifs (C(OH)–C–C–N with tert-alkyl or cyclic N) is 1. The van der Waals surface area contributed by atoms with Crippen molar-refractivity contribution in [3.63, 3.8) is 0 Å². The molecule has 1 N–H and O–H groups in total. The maximum absolute atomic E-state index is 13.4. The van der Waals surface area contributed by atoms with Gasteiger partial charge in [0.25, 0.3) is 5.56 Å². The van der Waals surface area contributed by atoms with Crippen LogP contribution in [-0.4, -0.2) is 46.1 Å². The highest BCUT2D eigenvalue weighted by atomic mass is 16.3. The highest BCUT2D eigenvalue weighted by Crippen LogP contribution is 2.39. The van der Waals surface area contributed by atoms with Crippen LogP contribution in [0.4, 0.5) is 0 Å². The first-order chi connectivity index (χ1) is 14.5. The van der Waals surface area contributed by atoms with Gasteiger partial charge >= 0.3 is 0 Å². The monoisotopic (exact) mass is 402 g/mol. The predicted molar refractivity (Wildman–Crippen MR) is 118 cm³/mol. The largest absolute Gasteiger partial charge is 0.390 e. The summed E-state index contributed by atoms with van der Waals surface area (Å²) in [4.78, 5) is 28.9. The summed E-state index contributed by atoms with van der Waals surface area (Å²) in [6.07, 6.45) is 1.60. The summed E-state index contributed by atoms with van der Waals surface area (Å²) < 4.78 is 1.62. The molecule has 3 aromatic rings. The molecule has 0 saturated carbocycles. The van der Waals surface area contributed by atoms with Crippen LogP contribution in [0.2, 0.25) is 0 Å². The molecule has 1 aromatic heterocycles. The third-order valence-electron chi connectivity index (χ3n) is 6.57. The molecule has 5 heteroatoms. The molecule has 5 rings (SSSR count). The molecular weight excluding hydrogens is 376 g/mol. The van der Waals surface area contributed by atoms with Crippen molar-refractivity contribution in [1.82, 2.24) is 9.47 Å². The number of likely N-dealkylation sites (tertiary alicyclic amines) is 1. The predicted octanol–water partition coefficient (Wildman–Crippen LogP) is 3.31. The van der Waals surface area contributed by atoms with Crippen LogP contribution >= 0.6 is 0 Å². The van der Waals surface area contributed by atoms with E-state index in [2.05, 4.69) is 11.8 Å². The van der Waals surface area contributed by atoms with Crippen molar-refractivity contribution in [3.8, 4) is 11.3 Å². The number of aliphatic hydroxyl groups is 1. The van der Waals surface area contributed by atoms with E-state index in [1.165, 1.54) is 0 Å². The van der Waals surface area contributed by atoms with Crippen LogP contribution in [0.1, 0.15) is 35.7 Å². The van der Waals surface area contributed by atoms with E-state index in [4.69, 9.17) is 0 Å². The molecule has 1 aliphatic carbocycles. The van der Waals surface area contributed by atoms with Crippen LogP contribution in [0.5, 0.6) is 0 Å². The first-order valence-corrected chi connectivity index (χ1v) is 10.7. The maximum Gasteiger partial charge on any atom is 0.259 e. The molecule has 5 nitrogen and oxygen atoms in total. The van der Waals surface area contributed by atoms with Crippen molar-refractivity contribution in [3.05, 3.63) is 70.0 Å². The third kappa shape index (κ3) is 3.09. The lowest BCUT2D eigenvalue weighted by atomic mass is 9.99. The Bertz CT molecular complexity index is 1190. The quantitative estimate of drug-likeness (QED) is 0.569. The summed E-state index contributed by atoms with van der Waals surface area (Å²) >= 11 is 0. The number of carbonyl (C=O) groups is 1. The zero-order chi connectivity index (χ0) is 20.8. The van der Waals surface area contributed by atoms with Gasteiger partial charge in [0, 0.05) is 28.4 Å². The molecule has 2 aliphatic rings. The Hall–Kier alpha value is -2.76. The first-order valence-electron chi connectivity index (χ1n) is 10.7. The Morgan fingerprint density at radius 3 is 2.30 bits per heavy atom. The summed E-state index contributed by atoms with van der Waals surface area (Å²) in [6, 6.07) is 14.7. The second-order valence-electron chi connectivity index (χ2n) is 8.70. The number of nitrogens with zero attached hydrogens (tertiary/aromatic N) is 2. The van der Waals surface area contributed by atoms with Crippen molar-refractivity contribution in [2.24, 2.45) is 5.92 Å². The van der Waals surface area contributed by atoms with Gasteiger partial charge in [-0.3, -0.25) is 9.59 Å². The van der Waals surface area contributed by atoms with Gasteiger partial charge in [-0.15, -0.1) is 0 Å².